The molecule has 0 radical (unpaired) electrons. The van der Waals surface area contributed by atoms with Gasteiger partial charge in [0.25, 0.3) is 0 Å². The summed E-state index contributed by atoms with van der Waals surface area (Å²) in [6, 6.07) is 0.422. The van der Waals surface area contributed by atoms with E-state index in [2.05, 4.69) is 50.0 Å². The lowest BCUT2D eigenvalue weighted by atomic mass is 9.92. The number of amides is 1. The highest BCUT2D eigenvalue weighted by Crippen LogP contribution is 2.36. The van der Waals surface area contributed by atoms with Gasteiger partial charge in [-0.3, -0.25) is 4.79 Å². The highest BCUT2D eigenvalue weighted by Gasteiger charge is 2.35. The van der Waals surface area contributed by atoms with Crippen molar-refractivity contribution in [2.75, 3.05) is 6.54 Å². The largest absolute Gasteiger partial charge is 0.339 e. The summed E-state index contributed by atoms with van der Waals surface area (Å²) in [6.45, 7) is 7.45. The van der Waals surface area contributed by atoms with Crippen molar-refractivity contribution >= 4 is 5.91 Å². The van der Waals surface area contributed by atoms with Crippen LogP contribution in [0.4, 0.5) is 0 Å². The lowest BCUT2D eigenvalue weighted by Crippen LogP contribution is -2.44. The standard InChI is InChI=1S/C18H25NO/c1-13-16-8-10-18(2,3)9-7-14(16)12-15-6-4-5-11-19(15)17(13)20/h7-10,13,15H,4-6,11-12H2,1-3H3. The van der Waals surface area contributed by atoms with Gasteiger partial charge in [-0.2, -0.15) is 0 Å². The van der Waals surface area contributed by atoms with Gasteiger partial charge >= 0.3 is 0 Å². The van der Waals surface area contributed by atoms with Crippen molar-refractivity contribution < 1.29 is 4.79 Å². The molecule has 2 nitrogen and oxygen atoms in total. The van der Waals surface area contributed by atoms with Gasteiger partial charge < -0.3 is 4.90 Å². The van der Waals surface area contributed by atoms with E-state index >= 15 is 0 Å². The molecule has 2 heteroatoms. The number of piperidine rings is 1. The van der Waals surface area contributed by atoms with Crippen molar-refractivity contribution in [2.45, 2.75) is 52.5 Å². The molecule has 2 aliphatic heterocycles. The van der Waals surface area contributed by atoms with Crippen LogP contribution in [-0.4, -0.2) is 23.4 Å². The normalized spacial score (nSPS) is 32.5. The quantitative estimate of drug-likeness (QED) is 0.655. The molecule has 108 valence electrons. The highest BCUT2D eigenvalue weighted by atomic mass is 16.2. The van der Waals surface area contributed by atoms with Crippen LogP contribution in [-0.2, 0) is 4.79 Å². The van der Waals surface area contributed by atoms with Gasteiger partial charge in [-0.1, -0.05) is 38.2 Å². The molecule has 0 saturated carbocycles. The number of fused-ring (bicyclic) bond motifs is 1. The average Bonchev–Trinajstić information content (AvgIpc) is 2.63. The summed E-state index contributed by atoms with van der Waals surface area (Å²) >= 11 is 0. The van der Waals surface area contributed by atoms with Gasteiger partial charge in [-0.25, -0.2) is 0 Å². The molecule has 0 aromatic heterocycles. The Morgan fingerprint density at radius 2 is 1.95 bits per heavy atom. The van der Waals surface area contributed by atoms with Gasteiger partial charge in [0.15, 0.2) is 0 Å². The number of carbonyl (C=O) groups excluding carboxylic acids is 1. The van der Waals surface area contributed by atoms with Crippen LogP contribution in [0.1, 0.15) is 46.5 Å². The van der Waals surface area contributed by atoms with Crippen LogP contribution in [0.25, 0.3) is 0 Å². The molecule has 2 unspecified atom stereocenters. The summed E-state index contributed by atoms with van der Waals surface area (Å²) in [5, 5.41) is 0. The highest BCUT2D eigenvalue weighted by molar-refractivity contribution is 5.83. The van der Waals surface area contributed by atoms with Crippen LogP contribution in [0.5, 0.6) is 0 Å². The minimum Gasteiger partial charge on any atom is -0.339 e. The molecule has 3 rings (SSSR count). The summed E-state index contributed by atoms with van der Waals surface area (Å²) in [5.41, 5.74) is 2.70. The van der Waals surface area contributed by atoms with Crippen LogP contribution >= 0.6 is 0 Å². The Hall–Kier alpha value is -1.31. The minimum absolute atomic E-state index is 0.00269. The first kappa shape index (κ1) is 13.7. The van der Waals surface area contributed by atoms with Crippen LogP contribution in [0.3, 0.4) is 0 Å². The second-order valence-electron chi connectivity index (χ2n) is 7.08. The van der Waals surface area contributed by atoms with Gasteiger partial charge in [0.1, 0.15) is 0 Å². The first-order valence-corrected chi connectivity index (χ1v) is 7.90. The van der Waals surface area contributed by atoms with Gasteiger partial charge in [0.2, 0.25) is 5.91 Å². The van der Waals surface area contributed by atoms with E-state index in [0.717, 1.165) is 19.4 Å². The molecule has 0 bridgehead atoms. The molecule has 0 aromatic rings. The Morgan fingerprint density at radius 1 is 1.20 bits per heavy atom. The average molecular weight is 271 g/mol. The van der Waals surface area contributed by atoms with Crippen molar-refractivity contribution in [3.63, 3.8) is 0 Å². The maximum absolute atomic E-state index is 12.7. The zero-order valence-electron chi connectivity index (χ0n) is 12.9. The van der Waals surface area contributed by atoms with Crippen molar-refractivity contribution in [3.05, 3.63) is 35.5 Å². The maximum atomic E-state index is 12.7. The fourth-order valence-corrected chi connectivity index (χ4v) is 3.63. The summed E-state index contributed by atoms with van der Waals surface area (Å²) in [5.74, 6) is 0.334. The number of hydrogen-bond donors (Lipinski definition) is 0. The van der Waals surface area contributed by atoms with Gasteiger partial charge in [0, 0.05) is 18.0 Å². The number of carbonyl (C=O) groups is 1. The number of rotatable bonds is 0. The Balaban J connectivity index is 2.00. The van der Waals surface area contributed by atoms with E-state index in [0.29, 0.717) is 11.9 Å². The van der Waals surface area contributed by atoms with Crippen LogP contribution in [0, 0.1) is 11.3 Å². The fraction of sp³-hybridized carbons (Fsp3) is 0.611. The first-order chi connectivity index (χ1) is 9.48. The van der Waals surface area contributed by atoms with Crippen molar-refractivity contribution in [1.82, 2.24) is 4.90 Å². The molecule has 1 saturated heterocycles. The van der Waals surface area contributed by atoms with E-state index in [1.807, 2.05) is 0 Å². The van der Waals surface area contributed by atoms with Crippen LogP contribution in [0.2, 0.25) is 0 Å². The van der Waals surface area contributed by atoms with Crippen molar-refractivity contribution in [1.29, 1.82) is 0 Å². The minimum atomic E-state index is 0.00269. The van der Waals surface area contributed by atoms with Crippen LogP contribution < -0.4 is 0 Å². The smallest absolute Gasteiger partial charge is 0.230 e. The number of hydrogen-bond acceptors (Lipinski definition) is 1. The second kappa shape index (κ2) is 4.91. The molecular weight excluding hydrogens is 246 g/mol. The molecule has 0 N–H and O–H groups in total. The zero-order chi connectivity index (χ0) is 14.3. The van der Waals surface area contributed by atoms with E-state index in [1.54, 1.807) is 0 Å². The fourth-order valence-electron chi connectivity index (χ4n) is 3.63. The van der Waals surface area contributed by atoms with Gasteiger partial charge in [0.05, 0.1) is 5.92 Å². The Morgan fingerprint density at radius 3 is 2.75 bits per heavy atom. The van der Waals surface area contributed by atoms with E-state index in [-0.39, 0.29) is 11.3 Å². The number of nitrogens with zero attached hydrogens (tertiary/aromatic N) is 1. The van der Waals surface area contributed by atoms with E-state index in [9.17, 15) is 4.79 Å². The second-order valence-corrected chi connectivity index (χ2v) is 7.08. The predicted octanol–water partition coefficient (Wildman–Crippen LogP) is 3.86. The SMILES string of the molecule is CC1C(=O)N2CCCCC2CC2=C1C=CC(C)(C)C=C2. The van der Waals surface area contributed by atoms with Gasteiger partial charge in [-0.15, -0.1) is 0 Å². The first-order valence-electron chi connectivity index (χ1n) is 7.90. The monoisotopic (exact) mass is 271 g/mol. The van der Waals surface area contributed by atoms with Crippen molar-refractivity contribution in [2.24, 2.45) is 11.3 Å². The molecule has 2 heterocycles. The summed E-state index contributed by atoms with van der Waals surface area (Å²) in [4.78, 5) is 14.9. The Bertz CT molecular complexity index is 510. The lowest BCUT2D eigenvalue weighted by molar-refractivity contribution is -0.136. The molecule has 0 aromatic carbocycles. The predicted molar refractivity (Wildman–Crippen MR) is 82.2 cm³/mol. The third-order valence-corrected chi connectivity index (χ3v) is 4.98. The lowest BCUT2D eigenvalue weighted by Gasteiger charge is -2.35. The molecular formula is C18H25NO. The van der Waals surface area contributed by atoms with Crippen molar-refractivity contribution in [3.8, 4) is 0 Å². The molecule has 1 aliphatic carbocycles. The summed E-state index contributed by atoms with van der Waals surface area (Å²) in [7, 11) is 0. The molecule has 20 heavy (non-hydrogen) atoms. The zero-order valence-corrected chi connectivity index (χ0v) is 12.9. The molecule has 3 aliphatic rings. The molecule has 2 atom stereocenters. The maximum Gasteiger partial charge on any atom is 0.230 e. The summed E-state index contributed by atoms with van der Waals surface area (Å²) < 4.78 is 0. The van der Waals surface area contributed by atoms with E-state index in [4.69, 9.17) is 0 Å². The topological polar surface area (TPSA) is 20.3 Å². The molecule has 1 fully saturated rings. The van der Waals surface area contributed by atoms with Crippen LogP contribution in [0.15, 0.2) is 35.5 Å². The third kappa shape index (κ3) is 2.36. The van der Waals surface area contributed by atoms with Gasteiger partial charge in [-0.05, 0) is 43.8 Å². The van der Waals surface area contributed by atoms with E-state index in [1.165, 1.54) is 24.0 Å². The molecule has 1 amide bonds. The number of allylic oxidation sites excluding steroid dienone is 4. The van der Waals surface area contributed by atoms with E-state index < -0.39 is 0 Å². The Labute approximate surface area is 122 Å². The molecule has 0 spiro atoms. The third-order valence-electron chi connectivity index (χ3n) is 4.98. The summed E-state index contributed by atoms with van der Waals surface area (Å²) in [6.07, 6.45) is 13.6. The Kier molecular flexibility index (Phi) is 3.35.